The molecule has 25 heavy (non-hydrogen) atoms. The first kappa shape index (κ1) is 16.3. The van der Waals surface area contributed by atoms with E-state index in [1.807, 2.05) is 0 Å². The molecule has 130 valence electrons. The predicted octanol–water partition coefficient (Wildman–Crippen LogP) is 3.28. The van der Waals surface area contributed by atoms with E-state index in [1.54, 1.807) is 0 Å². The molecule has 0 bridgehead atoms. The van der Waals surface area contributed by atoms with Gasteiger partial charge in [0, 0.05) is 6.04 Å². The zero-order valence-corrected chi connectivity index (χ0v) is 14.9. The number of carbonyl (C=O) groups is 1. The van der Waals surface area contributed by atoms with Crippen LogP contribution in [0, 0.1) is 0 Å². The van der Waals surface area contributed by atoms with Gasteiger partial charge in [-0.1, -0.05) is 48.5 Å². The van der Waals surface area contributed by atoms with Gasteiger partial charge in [-0.05, 0) is 61.4 Å². The number of aryl methyl sites for hydroxylation is 1. The molecule has 0 aromatic heterocycles. The van der Waals surface area contributed by atoms with E-state index in [2.05, 4.69) is 65.8 Å². The Morgan fingerprint density at radius 3 is 2.40 bits per heavy atom. The summed E-state index contributed by atoms with van der Waals surface area (Å²) in [5.41, 5.74) is 5.55. The van der Waals surface area contributed by atoms with E-state index in [0.717, 1.165) is 32.1 Å². The van der Waals surface area contributed by atoms with Gasteiger partial charge >= 0.3 is 0 Å². The molecule has 1 N–H and O–H groups in total. The van der Waals surface area contributed by atoms with E-state index >= 15 is 0 Å². The molecule has 0 fully saturated rings. The summed E-state index contributed by atoms with van der Waals surface area (Å²) in [6.45, 7) is 0.470. The van der Waals surface area contributed by atoms with Crippen molar-refractivity contribution in [1.82, 2.24) is 10.2 Å². The van der Waals surface area contributed by atoms with Crippen molar-refractivity contribution in [3.05, 3.63) is 70.8 Å². The lowest BCUT2D eigenvalue weighted by Crippen LogP contribution is -2.42. The largest absolute Gasteiger partial charge is 0.348 e. The average Bonchev–Trinajstić information content (AvgIpc) is 3.06. The highest BCUT2D eigenvalue weighted by Crippen LogP contribution is 2.29. The van der Waals surface area contributed by atoms with Gasteiger partial charge in [0.25, 0.3) is 0 Å². The molecule has 0 unspecified atom stereocenters. The summed E-state index contributed by atoms with van der Waals surface area (Å²) in [6.07, 6.45) is 5.41. The van der Waals surface area contributed by atoms with Crippen LogP contribution in [-0.4, -0.2) is 30.4 Å². The van der Waals surface area contributed by atoms with Crippen molar-refractivity contribution >= 4 is 5.91 Å². The summed E-state index contributed by atoms with van der Waals surface area (Å²) in [4.78, 5) is 14.8. The fourth-order valence-corrected chi connectivity index (χ4v) is 4.35. The van der Waals surface area contributed by atoms with Crippen molar-refractivity contribution < 1.29 is 4.79 Å². The molecule has 0 saturated carbocycles. The minimum absolute atomic E-state index is 0.139. The second kappa shape index (κ2) is 7.01. The van der Waals surface area contributed by atoms with Crippen LogP contribution in [0.2, 0.25) is 0 Å². The van der Waals surface area contributed by atoms with Crippen molar-refractivity contribution in [3.8, 4) is 0 Å². The van der Waals surface area contributed by atoms with Gasteiger partial charge in [-0.15, -0.1) is 0 Å². The van der Waals surface area contributed by atoms with E-state index in [9.17, 15) is 4.79 Å². The number of rotatable bonds is 4. The molecule has 3 heteroatoms. The standard InChI is InChI=1S/C22H26N2O/c1-24(19-13-17-8-2-3-9-18(17)14-19)15-22(25)23-21-12-6-10-16-7-4-5-11-20(16)21/h2-5,7-9,11,19,21H,6,10,12-15H2,1H3,(H,23,25)/t21-/m1/s1. The van der Waals surface area contributed by atoms with Gasteiger partial charge in [0.05, 0.1) is 12.6 Å². The van der Waals surface area contributed by atoms with Crippen LogP contribution in [0.4, 0.5) is 0 Å². The quantitative estimate of drug-likeness (QED) is 0.931. The maximum absolute atomic E-state index is 12.6. The van der Waals surface area contributed by atoms with Gasteiger partial charge in [0.1, 0.15) is 0 Å². The Bertz CT molecular complexity index is 745. The number of likely N-dealkylation sites (N-methyl/N-ethyl adjacent to an activating group) is 1. The molecule has 3 nitrogen and oxygen atoms in total. The highest BCUT2D eigenvalue weighted by Gasteiger charge is 2.27. The minimum atomic E-state index is 0.139. The van der Waals surface area contributed by atoms with E-state index in [0.29, 0.717) is 12.6 Å². The molecular formula is C22H26N2O. The fourth-order valence-electron chi connectivity index (χ4n) is 4.35. The first-order chi connectivity index (χ1) is 12.2. The second-order valence-electron chi connectivity index (χ2n) is 7.46. The molecule has 2 aromatic rings. The first-order valence-corrected chi connectivity index (χ1v) is 9.35. The molecule has 0 saturated heterocycles. The molecule has 2 aliphatic rings. The maximum Gasteiger partial charge on any atom is 0.234 e. The summed E-state index contributed by atoms with van der Waals surface area (Å²) in [6, 6.07) is 17.8. The highest BCUT2D eigenvalue weighted by atomic mass is 16.2. The monoisotopic (exact) mass is 334 g/mol. The summed E-state index contributed by atoms with van der Waals surface area (Å²) in [7, 11) is 2.07. The van der Waals surface area contributed by atoms with Crippen LogP contribution in [-0.2, 0) is 24.1 Å². The zero-order chi connectivity index (χ0) is 17.2. The molecule has 1 amide bonds. The van der Waals surface area contributed by atoms with E-state index in [-0.39, 0.29) is 11.9 Å². The van der Waals surface area contributed by atoms with Crippen molar-refractivity contribution in [2.24, 2.45) is 0 Å². The first-order valence-electron chi connectivity index (χ1n) is 9.35. The van der Waals surface area contributed by atoms with Crippen molar-refractivity contribution in [3.63, 3.8) is 0 Å². The second-order valence-corrected chi connectivity index (χ2v) is 7.46. The van der Waals surface area contributed by atoms with Gasteiger partial charge < -0.3 is 5.32 Å². The summed E-state index contributed by atoms with van der Waals surface area (Å²) >= 11 is 0. The third kappa shape index (κ3) is 3.47. The molecule has 1 atom stereocenters. The topological polar surface area (TPSA) is 32.3 Å². The van der Waals surface area contributed by atoms with Gasteiger partial charge in [0.15, 0.2) is 0 Å². The fraction of sp³-hybridized carbons (Fsp3) is 0.409. The molecule has 0 aliphatic heterocycles. The van der Waals surface area contributed by atoms with E-state index in [1.165, 1.54) is 22.3 Å². The Kier molecular flexibility index (Phi) is 4.58. The number of hydrogen-bond donors (Lipinski definition) is 1. The minimum Gasteiger partial charge on any atom is -0.348 e. The zero-order valence-electron chi connectivity index (χ0n) is 14.9. The Hall–Kier alpha value is -2.13. The van der Waals surface area contributed by atoms with Crippen LogP contribution in [0.3, 0.4) is 0 Å². The Balaban J connectivity index is 1.36. The van der Waals surface area contributed by atoms with E-state index < -0.39 is 0 Å². The number of amides is 1. The molecule has 0 heterocycles. The SMILES string of the molecule is CN(CC(=O)N[C@@H]1CCCc2ccccc21)C1Cc2ccccc2C1. The predicted molar refractivity (Wildman–Crippen MR) is 101 cm³/mol. The summed E-state index contributed by atoms with van der Waals surface area (Å²) in [5.74, 6) is 0.139. The number of nitrogens with zero attached hydrogens (tertiary/aromatic N) is 1. The Morgan fingerprint density at radius 2 is 1.68 bits per heavy atom. The molecule has 4 rings (SSSR count). The van der Waals surface area contributed by atoms with Crippen LogP contribution in [0.5, 0.6) is 0 Å². The Morgan fingerprint density at radius 1 is 1.04 bits per heavy atom. The number of fused-ring (bicyclic) bond motifs is 2. The van der Waals surface area contributed by atoms with Gasteiger partial charge in [-0.25, -0.2) is 0 Å². The summed E-state index contributed by atoms with van der Waals surface area (Å²) < 4.78 is 0. The molecular weight excluding hydrogens is 308 g/mol. The average molecular weight is 334 g/mol. The lowest BCUT2D eigenvalue weighted by atomic mass is 9.88. The number of carbonyl (C=O) groups excluding carboxylic acids is 1. The molecule has 2 aliphatic carbocycles. The number of hydrogen-bond acceptors (Lipinski definition) is 2. The number of benzene rings is 2. The van der Waals surface area contributed by atoms with Crippen LogP contribution < -0.4 is 5.32 Å². The smallest absolute Gasteiger partial charge is 0.234 e. The van der Waals surface area contributed by atoms with Gasteiger partial charge in [-0.2, -0.15) is 0 Å². The van der Waals surface area contributed by atoms with Crippen LogP contribution in [0.15, 0.2) is 48.5 Å². The van der Waals surface area contributed by atoms with Crippen LogP contribution >= 0.6 is 0 Å². The van der Waals surface area contributed by atoms with E-state index in [4.69, 9.17) is 0 Å². The summed E-state index contributed by atoms with van der Waals surface area (Å²) in [5, 5.41) is 3.27. The van der Waals surface area contributed by atoms with Crippen molar-refractivity contribution in [1.29, 1.82) is 0 Å². The number of nitrogens with one attached hydrogen (secondary N) is 1. The van der Waals surface area contributed by atoms with Gasteiger partial charge in [0.2, 0.25) is 5.91 Å². The van der Waals surface area contributed by atoms with Gasteiger partial charge in [-0.3, -0.25) is 9.69 Å². The molecule has 0 radical (unpaired) electrons. The Labute approximate surface area is 150 Å². The molecule has 2 aromatic carbocycles. The maximum atomic E-state index is 12.6. The third-order valence-corrected chi connectivity index (χ3v) is 5.75. The van der Waals surface area contributed by atoms with Crippen LogP contribution in [0.25, 0.3) is 0 Å². The van der Waals surface area contributed by atoms with Crippen molar-refractivity contribution in [2.45, 2.75) is 44.2 Å². The third-order valence-electron chi connectivity index (χ3n) is 5.75. The highest BCUT2D eigenvalue weighted by molar-refractivity contribution is 5.78. The lowest BCUT2D eigenvalue weighted by molar-refractivity contribution is -0.123. The normalized spacial score (nSPS) is 19.5. The lowest BCUT2D eigenvalue weighted by Gasteiger charge is -2.28. The molecule has 0 spiro atoms. The van der Waals surface area contributed by atoms with Crippen LogP contribution in [0.1, 0.15) is 41.1 Å². The van der Waals surface area contributed by atoms with Crippen molar-refractivity contribution in [2.75, 3.05) is 13.6 Å².